The first-order valence-electron chi connectivity index (χ1n) is 15.6. The third-order valence-electron chi connectivity index (χ3n) is 9.91. The number of nitrogens with one attached hydrogen (secondary N) is 5. The zero-order valence-electron chi connectivity index (χ0n) is 26.1. The highest BCUT2D eigenvalue weighted by molar-refractivity contribution is 8.06. The summed E-state index contributed by atoms with van der Waals surface area (Å²) in [6.45, 7) is 8.74. The molecule has 5 atom stereocenters. The van der Waals surface area contributed by atoms with Gasteiger partial charge in [0.15, 0.2) is 0 Å². The minimum atomic E-state index is -0.882. The van der Waals surface area contributed by atoms with Crippen LogP contribution in [0, 0.1) is 25.7 Å². The minimum absolute atomic E-state index is 0.0207. The Bertz CT molecular complexity index is 1640. The number of hydrogen-bond acceptors (Lipinski definition) is 6. The quantitative estimate of drug-likeness (QED) is 0.164. The number of allylic oxidation sites excluding steroid dienone is 1. The summed E-state index contributed by atoms with van der Waals surface area (Å²) < 4.78 is 0. The molecule has 7 N–H and O–H groups in total. The molecule has 0 radical (unpaired) electrons. The summed E-state index contributed by atoms with van der Waals surface area (Å²) in [7, 11) is 0. The summed E-state index contributed by atoms with van der Waals surface area (Å²) in [4.78, 5) is 55.6. The van der Waals surface area contributed by atoms with Gasteiger partial charge in [-0.3, -0.25) is 19.2 Å². The highest BCUT2D eigenvalue weighted by atomic mass is 32.2. The van der Waals surface area contributed by atoms with Crippen molar-refractivity contribution in [1.82, 2.24) is 25.9 Å². The topological polar surface area (TPSA) is 186 Å². The Labute approximate surface area is 266 Å². The number of rotatable bonds is 13. The van der Waals surface area contributed by atoms with Crippen molar-refractivity contribution < 1.29 is 29.4 Å². The number of carboxylic acids is 2. The number of aliphatic carboxylic acids is 2. The summed E-state index contributed by atoms with van der Waals surface area (Å²) in [5, 5.41) is 28.9. The summed E-state index contributed by atoms with van der Waals surface area (Å²) in [5.74, 6) is -0.722. The lowest BCUT2D eigenvalue weighted by Crippen LogP contribution is -2.31. The van der Waals surface area contributed by atoms with E-state index in [1.807, 2.05) is 45.5 Å². The predicted molar refractivity (Wildman–Crippen MR) is 171 cm³/mol. The van der Waals surface area contributed by atoms with Gasteiger partial charge < -0.3 is 36.1 Å². The van der Waals surface area contributed by atoms with Crippen molar-refractivity contribution in [3.63, 3.8) is 0 Å². The highest BCUT2D eigenvalue weighted by Crippen LogP contribution is 2.46. The van der Waals surface area contributed by atoms with Crippen LogP contribution in [0.2, 0.25) is 0 Å². The van der Waals surface area contributed by atoms with E-state index in [0.717, 1.165) is 74.2 Å². The number of carbonyl (C=O) groups excluding carboxylic acids is 2. The molecule has 11 nitrogen and oxygen atoms in total. The van der Waals surface area contributed by atoms with Crippen LogP contribution in [0.4, 0.5) is 0 Å². The van der Waals surface area contributed by atoms with Crippen molar-refractivity contribution in [3.05, 3.63) is 61.9 Å². The van der Waals surface area contributed by atoms with E-state index in [1.54, 1.807) is 0 Å². The molecule has 45 heavy (non-hydrogen) atoms. The van der Waals surface area contributed by atoms with Crippen LogP contribution in [0.1, 0.15) is 71.7 Å². The smallest absolute Gasteiger partial charge is 0.303 e. The van der Waals surface area contributed by atoms with Crippen LogP contribution >= 0.6 is 11.8 Å². The summed E-state index contributed by atoms with van der Waals surface area (Å²) >= 11 is 1.86. The van der Waals surface area contributed by atoms with Crippen LogP contribution in [-0.2, 0) is 44.9 Å². The van der Waals surface area contributed by atoms with Gasteiger partial charge in [0.2, 0.25) is 11.8 Å². The SMILES string of the molecule is CC1=C([C@@H]2CN2)C(=O)N[C@@H]1Cc1[nH]c(Cc2[nH]c(/C=C3\NC(=O)[C@H](C)[C@H]3[C@@H]3CS3)c(C)c2CCC(=O)O)c(CCC(=O)O)c1C. The molecule has 0 unspecified atom stereocenters. The second kappa shape index (κ2) is 12.2. The molecule has 2 aromatic heterocycles. The molecule has 3 fully saturated rings. The molecule has 0 saturated carbocycles. The van der Waals surface area contributed by atoms with Gasteiger partial charge in [-0.2, -0.15) is 11.8 Å². The molecule has 12 heteroatoms. The fraction of sp³-hybridized carbons (Fsp3) is 0.515. The number of hydrogen-bond donors (Lipinski definition) is 7. The van der Waals surface area contributed by atoms with E-state index in [0.29, 0.717) is 30.9 Å². The van der Waals surface area contributed by atoms with E-state index < -0.39 is 11.9 Å². The van der Waals surface area contributed by atoms with E-state index in [2.05, 4.69) is 25.9 Å². The molecule has 2 aromatic rings. The fourth-order valence-corrected chi connectivity index (χ4v) is 8.02. The standard InChI is InChI=1S/C33H41N5O6S/c1-14-18(5-7-28(39)40)23(35-20(14)9-22-16(3)31(26-12-34-26)33(44)37-22)11-24-19(6-8-29(41)42)15(2)21(36-24)10-25-30(27-13-45-27)17(4)32(43)38-25/h10,17,22,26-27,30,34-36H,5-9,11-13H2,1-4H3,(H,37,44)(H,38,43)(H,39,40)(H,41,42)/b25-10-/t17-,22-,26+,27+,30-/m1/s1. The second-order valence-corrected chi connectivity index (χ2v) is 14.1. The number of carboxylic acid groups (broad SMARTS) is 2. The molecule has 2 amide bonds. The number of aromatic nitrogens is 2. The number of carbonyl (C=O) groups is 4. The van der Waals surface area contributed by atoms with Gasteiger partial charge in [0, 0.05) is 89.1 Å². The number of H-pyrrole nitrogens is 2. The lowest BCUT2D eigenvalue weighted by atomic mass is 9.91. The number of thioether (sulfide) groups is 1. The third kappa shape index (κ3) is 6.35. The molecule has 0 spiro atoms. The fourth-order valence-electron chi connectivity index (χ4n) is 7.11. The molecule has 0 aliphatic carbocycles. The van der Waals surface area contributed by atoms with Gasteiger partial charge in [-0.15, -0.1) is 0 Å². The predicted octanol–water partition coefficient (Wildman–Crippen LogP) is 2.75. The van der Waals surface area contributed by atoms with Gasteiger partial charge >= 0.3 is 11.9 Å². The van der Waals surface area contributed by atoms with Crippen LogP contribution in [-0.4, -0.2) is 73.6 Å². The zero-order chi connectivity index (χ0) is 32.2. The van der Waals surface area contributed by atoms with Crippen molar-refractivity contribution in [2.75, 3.05) is 12.3 Å². The van der Waals surface area contributed by atoms with E-state index in [4.69, 9.17) is 0 Å². The molecule has 0 bridgehead atoms. The van der Waals surface area contributed by atoms with Crippen LogP contribution in [0.25, 0.3) is 6.08 Å². The lowest BCUT2D eigenvalue weighted by Gasteiger charge is -2.12. The highest BCUT2D eigenvalue weighted by Gasteiger charge is 2.45. The Hall–Kier alpha value is -3.77. The van der Waals surface area contributed by atoms with Crippen LogP contribution < -0.4 is 16.0 Å². The van der Waals surface area contributed by atoms with Gasteiger partial charge in [0.25, 0.3) is 0 Å². The Morgan fingerprint density at radius 2 is 1.58 bits per heavy atom. The first-order valence-corrected chi connectivity index (χ1v) is 16.7. The summed E-state index contributed by atoms with van der Waals surface area (Å²) in [6, 6.07) is -0.0314. The Balaban J connectivity index is 1.34. The molecule has 240 valence electrons. The molecule has 6 rings (SSSR count). The van der Waals surface area contributed by atoms with Crippen molar-refractivity contribution >= 4 is 41.6 Å². The molecule has 4 aliphatic rings. The molecule has 3 saturated heterocycles. The van der Waals surface area contributed by atoms with Gasteiger partial charge in [0.05, 0.1) is 12.1 Å². The van der Waals surface area contributed by atoms with Gasteiger partial charge in [0.1, 0.15) is 0 Å². The lowest BCUT2D eigenvalue weighted by molar-refractivity contribution is -0.138. The van der Waals surface area contributed by atoms with Crippen molar-refractivity contribution in [2.45, 2.75) is 83.6 Å². The van der Waals surface area contributed by atoms with Crippen LogP contribution in [0.15, 0.2) is 16.8 Å². The van der Waals surface area contributed by atoms with E-state index in [1.165, 1.54) is 0 Å². The molecule has 6 heterocycles. The Morgan fingerprint density at radius 3 is 2.18 bits per heavy atom. The largest absolute Gasteiger partial charge is 0.481 e. The van der Waals surface area contributed by atoms with Gasteiger partial charge in [-0.1, -0.05) is 6.92 Å². The molecular weight excluding hydrogens is 594 g/mol. The molecular formula is C33H41N5O6S. The van der Waals surface area contributed by atoms with Crippen molar-refractivity contribution in [2.24, 2.45) is 11.8 Å². The van der Waals surface area contributed by atoms with E-state index in [-0.39, 0.29) is 48.6 Å². The zero-order valence-corrected chi connectivity index (χ0v) is 26.9. The Morgan fingerprint density at radius 1 is 0.956 bits per heavy atom. The first kappa shape index (κ1) is 31.2. The minimum Gasteiger partial charge on any atom is -0.481 e. The number of amides is 2. The average Bonchev–Trinajstić information content (AvgIpc) is 3.89. The van der Waals surface area contributed by atoms with Crippen LogP contribution in [0.3, 0.4) is 0 Å². The maximum Gasteiger partial charge on any atom is 0.303 e. The normalized spacial score (nSPS) is 26.5. The number of aromatic amines is 2. The third-order valence-corrected chi connectivity index (χ3v) is 10.9. The monoisotopic (exact) mass is 635 g/mol. The van der Waals surface area contributed by atoms with E-state index in [9.17, 15) is 29.4 Å². The molecule has 4 aliphatic heterocycles. The Kier molecular flexibility index (Phi) is 8.47. The second-order valence-electron chi connectivity index (χ2n) is 12.8. The van der Waals surface area contributed by atoms with Gasteiger partial charge in [-0.25, -0.2) is 0 Å². The maximum atomic E-state index is 12.7. The molecule has 0 aromatic carbocycles. The van der Waals surface area contributed by atoms with Crippen LogP contribution in [0.5, 0.6) is 0 Å². The summed E-state index contributed by atoms with van der Waals surface area (Å²) in [6.07, 6.45) is 3.65. The maximum absolute atomic E-state index is 12.7. The average molecular weight is 636 g/mol. The van der Waals surface area contributed by atoms with Crippen molar-refractivity contribution in [1.29, 1.82) is 0 Å². The first-order chi connectivity index (χ1) is 21.4. The van der Waals surface area contributed by atoms with Crippen molar-refractivity contribution in [3.8, 4) is 0 Å². The summed E-state index contributed by atoms with van der Waals surface area (Å²) in [5.41, 5.74) is 10.1. The van der Waals surface area contributed by atoms with Gasteiger partial charge in [-0.05, 0) is 67.5 Å². The van der Waals surface area contributed by atoms with E-state index >= 15 is 0 Å².